The number of amides is 4. The van der Waals surface area contributed by atoms with Crippen LogP contribution in [0.1, 0.15) is 56.1 Å². The Morgan fingerprint density at radius 3 is 2.44 bits per heavy atom. The molecule has 1 aromatic carbocycles. The van der Waals surface area contributed by atoms with Crippen molar-refractivity contribution >= 4 is 39.4 Å². The van der Waals surface area contributed by atoms with Crippen molar-refractivity contribution in [3.63, 3.8) is 0 Å². The first-order valence-electron chi connectivity index (χ1n) is 14.1. The molecule has 1 spiro atoms. The summed E-state index contributed by atoms with van der Waals surface area (Å²) >= 11 is 0. The Hall–Kier alpha value is -3.19. The first-order valence-corrected chi connectivity index (χ1v) is 15.7. The van der Waals surface area contributed by atoms with Crippen LogP contribution in [0, 0.1) is 18.8 Å². The molecular formula is C28H35F2N5O5S. The zero-order valence-electron chi connectivity index (χ0n) is 23.0. The largest absolute Gasteiger partial charge is 0.329 e. The van der Waals surface area contributed by atoms with Crippen LogP contribution in [0.2, 0.25) is 0 Å². The molecule has 1 aliphatic carbocycles. The summed E-state index contributed by atoms with van der Waals surface area (Å²) in [6, 6.07) is 4.61. The number of halogens is 2. The molecule has 41 heavy (non-hydrogen) atoms. The van der Waals surface area contributed by atoms with Crippen molar-refractivity contribution < 1.29 is 31.6 Å². The molecule has 3 fully saturated rings. The fraction of sp³-hybridized carbons (Fsp3) is 0.571. The van der Waals surface area contributed by atoms with Crippen LogP contribution in [0.15, 0.2) is 35.3 Å². The van der Waals surface area contributed by atoms with Gasteiger partial charge in [-0.3, -0.25) is 14.6 Å². The molecule has 5 rings (SSSR count). The Kier molecular flexibility index (Phi) is 8.29. The quantitative estimate of drug-likeness (QED) is 0.449. The van der Waals surface area contributed by atoms with Crippen molar-refractivity contribution in [1.82, 2.24) is 14.9 Å². The molecule has 0 bridgehead atoms. The highest BCUT2D eigenvalue weighted by molar-refractivity contribution is 7.89. The minimum absolute atomic E-state index is 0.0474. The molecule has 2 saturated heterocycles. The molecule has 222 valence electrons. The van der Waals surface area contributed by atoms with E-state index in [1.807, 2.05) is 6.92 Å². The summed E-state index contributed by atoms with van der Waals surface area (Å²) in [7, 11) is -3.59. The van der Waals surface area contributed by atoms with Crippen LogP contribution in [-0.2, 0) is 26.0 Å². The number of aryl methyl sites for hydroxylation is 2. The number of benzene rings is 1. The van der Waals surface area contributed by atoms with Gasteiger partial charge in [0.1, 0.15) is 11.4 Å². The van der Waals surface area contributed by atoms with Crippen molar-refractivity contribution in [3.8, 4) is 0 Å². The number of aliphatic imine (C=N–C) groups is 1. The Bertz CT molecular complexity index is 1380. The topological polar surface area (TPSA) is 128 Å². The number of nitrogens with one attached hydrogen (secondary N) is 2. The SMILES string of the molecule is Cc1cc(N2C(=O)CNC2=O)ccc1CCS(=O)(=O)N1CCC2(CC1)N=C([C@H]1CC[C@H](CC=C(F)F)CC1)NC2=O. The van der Waals surface area contributed by atoms with Gasteiger partial charge in [0, 0.05) is 19.0 Å². The van der Waals surface area contributed by atoms with Crippen LogP contribution < -0.4 is 15.5 Å². The number of hydrogen-bond acceptors (Lipinski definition) is 6. The summed E-state index contributed by atoms with van der Waals surface area (Å²) < 4.78 is 52.6. The van der Waals surface area contributed by atoms with Crippen molar-refractivity contribution in [3.05, 3.63) is 41.5 Å². The van der Waals surface area contributed by atoms with E-state index in [1.165, 1.54) is 4.31 Å². The number of piperidine rings is 1. The first-order chi connectivity index (χ1) is 19.5. The number of hydrogen-bond donors (Lipinski definition) is 2. The number of rotatable bonds is 8. The molecular weight excluding hydrogens is 556 g/mol. The maximum absolute atomic E-state index is 13.2. The molecule has 1 aromatic rings. The number of carbonyl (C=O) groups is 3. The highest BCUT2D eigenvalue weighted by Crippen LogP contribution is 2.37. The second-order valence-electron chi connectivity index (χ2n) is 11.4. The van der Waals surface area contributed by atoms with Crippen LogP contribution >= 0.6 is 0 Å². The van der Waals surface area contributed by atoms with Gasteiger partial charge in [0.2, 0.25) is 10.0 Å². The number of nitrogens with zero attached hydrogens (tertiary/aromatic N) is 3. The van der Waals surface area contributed by atoms with Crippen molar-refractivity contribution in [2.75, 3.05) is 30.3 Å². The highest BCUT2D eigenvalue weighted by Gasteiger charge is 2.48. The summed E-state index contributed by atoms with van der Waals surface area (Å²) in [5.41, 5.74) is 1.09. The molecule has 13 heteroatoms. The predicted molar refractivity (Wildman–Crippen MR) is 149 cm³/mol. The van der Waals surface area contributed by atoms with E-state index in [1.54, 1.807) is 18.2 Å². The first kappa shape index (κ1) is 29.3. The second kappa shape index (κ2) is 11.6. The molecule has 0 radical (unpaired) electrons. The van der Waals surface area contributed by atoms with Crippen LogP contribution in [0.5, 0.6) is 0 Å². The maximum atomic E-state index is 13.2. The molecule has 0 unspecified atom stereocenters. The van der Waals surface area contributed by atoms with E-state index in [9.17, 15) is 31.6 Å². The predicted octanol–water partition coefficient (Wildman–Crippen LogP) is 3.26. The molecule has 10 nitrogen and oxygen atoms in total. The van der Waals surface area contributed by atoms with E-state index >= 15 is 0 Å². The number of anilines is 1. The number of sulfonamides is 1. The van der Waals surface area contributed by atoms with E-state index in [2.05, 4.69) is 10.6 Å². The van der Waals surface area contributed by atoms with Crippen LogP contribution in [0.25, 0.3) is 0 Å². The fourth-order valence-electron chi connectivity index (χ4n) is 6.29. The molecule has 3 heterocycles. The third-order valence-electron chi connectivity index (χ3n) is 8.84. The molecule has 0 atom stereocenters. The summed E-state index contributed by atoms with van der Waals surface area (Å²) in [6.45, 7) is 2.17. The van der Waals surface area contributed by atoms with Gasteiger partial charge in [-0.1, -0.05) is 6.07 Å². The van der Waals surface area contributed by atoms with Crippen molar-refractivity contribution in [2.24, 2.45) is 16.8 Å². The monoisotopic (exact) mass is 591 g/mol. The second-order valence-corrected chi connectivity index (χ2v) is 13.5. The van der Waals surface area contributed by atoms with E-state index in [0.717, 1.165) is 47.8 Å². The lowest BCUT2D eigenvalue weighted by molar-refractivity contribution is -0.125. The van der Waals surface area contributed by atoms with Gasteiger partial charge in [0.15, 0.2) is 0 Å². The van der Waals surface area contributed by atoms with Crippen molar-refractivity contribution in [2.45, 2.75) is 63.8 Å². The summed E-state index contributed by atoms with van der Waals surface area (Å²) in [6.07, 6.45) is 3.75. The van der Waals surface area contributed by atoms with Crippen LogP contribution in [0.4, 0.5) is 19.3 Å². The normalized spacial score (nSPS) is 24.8. The van der Waals surface area contributed by atoms with Gasteiger partial charge in [0.25, 0.3) is 17.9 Å². The summed E-state index contributed by atoms with van der Waals surface area (Å²) in [4.78, 5) is 42.8. The number of carbonyl (C=O) groups excluding carboxylic acids is 3. The minimum Gasteiger partial charge on any atom is -0.328 e. The standard InChI is InChI=1S/C28H35F2N5O5S/c1-18-16-22(35-24(36)17-31-27(35)38)8-7-20(18)10-15-41(39,40)34-13-11-28(12-14-34)26(37)32-25(33-28)21-5-2-19(3-6-21)4-9-23(29)30/h7-9,16,19,21H,2-6,10-15,17H2,1H3,(H,31,38)(H,32,33,37)/t19-,21-. The molecule has 4 amide bonds. The fourth-order valence-corrected chi connectivity index (χ4v) is 7.76. The molecule has 1 saturated carbocycles. The Labute approximate surface area is 238 Å². The van der Waals surface area contributed by atoms with Gasteiger partial charge in [-0.25, -0.2) is 22.4 Å². The van der Waals surface area contributed by atoms with Gasteiger partial charge >= 0.3 is 6.03 Å². The van der Waals surface area contributed by atoms with Gasteiger partial charge in [-0.15, -0.1) is 0 Å². The number of amidine groups is 1. The molecule has 0 aromatic heterocycles. The zero-order valence-corrected chi connectivity index (χ0v) is 23.8. The van der Waals surface area contributed by atoms with E-state index in [-0.39, 0.29) is 55.5 Å². The average molecular weight is 592 g/mol. The lowest BCUT2D eigenvalue weighted by Gasteiger charge is -2.34. The molecule has 3 aliphatic heterocycles. The number of imide groups is 1. The zero-order chi connectivity index (χ0) is 29.4. The third kappa shape index (κ3) is 6.20. The Morgan fingerprint density at radius 1 is 1.12 bits per heavy atom. The maximum Gasteiger partial charge on any atom is 0.329 e. The van der Waals surface area contributed by atoms with E-state index in [4.69, 9.17) is 4.99 Å². The summed E-state index contributed by atoms with van der Waals surface area (Å²) in [5, 5.41) is 5.43. The molecule has 2 N–H and O–H groups in total. The van der Waals surface area contributed by atoms with Gasteiger partial charge < -0.3 is 10.6 Å². The minimum atomic E-state index is -3.59. The van der Waals surface area contributed by atoms with Crippen LogP contribution in [-0.4, -0.2) is 67.3 Å². The molecule has 4 aliphatic rings. The highest BCUT2D eigenvalue weighted by atomic mass is 32.2. The van der Waals surface area contributed by atoms with Gasteiger partial charge in [0.05, 0.1) is 18.0 Å². The van der Waals surface area contributed by atoms with Crippen LogP contribution in [0.3, 0.4) is 0 Å². The lowest BCUT2D eigenvalue weighted by atomic mass is 9.80. The Morgan fingerprint density at radius 2 is 1.83 bits per heavy atom. The third-order valence-corrected chi connectivity index (χ3v) is 10.7. The van der Waals surface area contributed by atoms with E-state index in [0.29, 0.717) is 30.8 Å². The van der Waals surface area contributed by atoms with Crippen molar-refractivity contribution in [1.29, 1.82) is 0 Å². The van der Waals surface area contributed by atoms with Gasteiger partial charge in [-0.2, -0.15) is 8.78 Å². The number of urea groups is 1. The summed E-state index contributed by atoms with van der Waals surface area (Å²) in [5.74, 6) is 0.329. The lowest BCUT2D eigenvalue weighted by Crippen LogP contribution is -2.51. The Balaban J connectivity index is 1.15. The number of allylic oxidation sites excluding steroid dienone is 1. The van der Waals surface area contributed by atoms with E-state index < -0.39 is 27.7 Å². The smallest absolute Gasteiger partial charge is 0.328 e. The average Bonchev–Trinajstić information content (AvgIpc) is 3.44. The van der Waals surface area contributed by atoms with Gasteiger partial charge in [-0.05, 0) is 93.5 Å².